The number of aromatic nitrogens is 1. The molecule has 0 radical (unpaired) electrons. The van der Waals surface area contributed by atoms with Crippen LogP contribution in [0.15, 0.2) is 28.3 Å². The van der Waals surface area contributed by atoms with E-state index in [1.807, 2.05) is 11.4 Å². The fourth-order valence-electron chi connectivity index (χ4n) is 0.987. The van der Waals surface area contributed by atoms with Crippen LogP contribution in [0.1, 0.15) is 10.6 Å². The van der Waals surface area contributed by atoms with E-state index in [1.165, 1.54) is 11.3 Å². The molecule has 0 unspecified atom stereocenters. The molecule has 13 heavy (non-hydrogen) atoms. The van der Waals surface area contributed by atoms with Gasteiger partial charge in [-0.05, 0) is 11.4 Å². The van der Waals surface area contributed by atoms with Gasteiger partial charge in [-0.2, -0.15) is 0 Å². The molecule has 0 amide bonds. The Morgan fingerprint density at radius 2 is 2.46 bits per heavy atom. The van der Waals surface area contributed by atoms with Gasteiger partial charge >= 0.3 is 5.97 Å². The number of thiophene rings is 1. The second-order valence-electron chi connectivity index (χ2n) is 2.31. The van der Waals surface area contributed by atoms with E-state index in [2.05, 4.69) is 4.98 Å². The highest BCUT2D eigenvalue weighted by molar-refractivity contribution is 7.13. The van der Waals surface area contributed by atoms with Crippen molar-refractivity contribution in [2.24, 2.45) is 0 Å². The largest absolute Gasteiger partial charge is 0.475 e. The van der Waals surface area contributed by atoms with Crippen LogP contribution in [0.3, 0.4) is 0 Å². The molecule has 2 aromatic rings. The molecule has 0 bridgehead atoms. The van der Waals surface area contributed by atoms with Crippen LogP contribution in [0.4, 0.5) is 0 Å². The van der Waals surface area contributed by atoms with Gasteiger partial charge in [0.2, 0.25) is 5.76 Å². The number of rotatable bonds is 2. The molecule has 0 atom stereocenters. The molecule has 0 aromatic carbocycles. The summed E-state index contributed by atoms with van der Waals surface area (Å²) in [5.41, 5.74) is 0.391. The minimum absolute atomic E-state index is 0.109. The minimum Gasteiger partial charge on any atom is -0.475 e. The highest BCUT2D eigenvalue weighted by Crippen LogP contribution is 2.26. The van der Waals surface area contributed by atoms with Gasteiger partial charge in [-0.3, -0.25) is 0 Å². The molecule has 0 aliphatic rings. The normalized spacial score (nSPS) is 10.2. The topological polar surface area (TPSA) is 63.3 Å². The van der Waals surface area contributed by atoms with Crippen molar-refractivity contribution in [2.45, 2.75) is 0 Å². The lowest BCUT2D eigenvalue weighted by Gasteiger charge is -1.90. The number of carboxylic acid groups (broad SMARTS) is 1. The molecule has 0 aliphatic heterocycles. The van der Waals surface area contributed by atoms with Crippen molar-refractivity contribution < 1.29 is 14.3 Å². The smallest absolute Gasteiger partial charge is 0.374 e. The third-order valence-electron chi connectivity index (χ3n) is 1.52. The standard InChI is InChI=1S/C8H5NO3S/c10-8(11)7-6(9-4-12-7)5-2-1-3-13-5/h1-4H,(H,10,11). The first-order valence-corrected chi connectivity index (χ1v) is 4.37. The van der Waals surface area contributed by atoms with E-state index in [-0.39, 0.29) is 5.76 Å². The van der Waals surface area contributed by atoms with Gasteiger partial charge in [-0.15, -0.1) is 11.3 Å². The summed E-state index contributed by atoms with van der Waals surface area (Å²) in [4.78, 5) is 15.3. The molecule has 5 heteroatoms. The molecule has 2 heterocycles. The molecule has 0 saturated heterocycles. The summed E-state index contributed by atoms with van der Waals surface area (Å²) in [5.74, 6) is -1.21. The first kappa shape index (κ1) is 8.00. The minimum atomic E-state index is -1.10. The Balaban J connectivity index is 2.52. The number of hydrogen-bond acceptors (Lipinski definition) is 4. The lowest BCUT2D eigenvalue weighted by Crippen LogP contribution is -1.95. The second kappa shape index (κ2) is 3.02. The van der Waals surface area contributed by atoms with Crippen LogP contribution in [-0.2, 0) is 0 Å². The molecule has 0 saturated carbocycles. The Morgan fingerprint density at radius 1 is 1.62 bits per heavy atom. The Kier molecular flexibility index (Phi) is 1.86. The van der Waals surface area contributed by atoms with Crippen LogP contribution in [0, 0.1) is 0 Å². The number of nitrogens with zero attached hydrogens (tertiary/aromatic N) is 1. The highest BCUT2D eigenvalue weighted by atomic mass is 32.1. The fourth-order valence-corrected chi connectivity index (χ4v) is 1.70. The first-order chi connectivity index (χ1) is 6.29. The van der Waals surface area contributed by atoms with Gasteiger partial charge in [0.25, 0.3) is 0 Å². The van der Waals surface area contributed by atoms with Crippen LogP contribution in [0.2, 0.25) is 0 Å². The van der Waals surface area contributed by atoms with E-state index in [0.717, 1.165) is 11.3 Å². The summed E-state index contributed by atoms with van der Waals surface area (Å²) in [6.45, 7) is 0. The Labute approximate surface area is 77.5 Å². The van der Waals surface area contributed by atoms with Crippen LogP contribution in [0.25, 0.3) is 10.6 Å². The van der Waals surface area contributed by atoms with E-state index in [9.17, 15) is 4.79 Å². The van der Waals surface area contributed by atoms with Crippen LogP contribution < -0.4 is 0 Å². The van der Waals surface area contributed by atoms with Crippen molar-refractivity contribution >= 4 is 17.3 Å². The molecule has 1 N–H and O–H groups in total. The predicted molar refractivity (Wildman–Crippen MR) is 46.8 cm³/mol. The van der Waals surface area contributed by atoms with Crippen molar-refractivity contribution in [3.63, 3.8) is 0 Å². The van der Waals surface area contributed by atoms with Gasteiger partial charge in [0, 0.05) is 0 Å². The van der Waals surface area contributed by atoms with E-state index >= 15 is 0 Å². The van der Waals surface area contributed by atoms with E-state index < -0.39 is 5.97 Å². The number of hydrogen-bond donors (Lipinski definition) is 1. The summed E-state index contributed by atoms with van der Waals surface area (Å²) in [6.07, 6.45) is 1.14. The van der Waals surface area contributed by atoms with E-state index in [4.69, 9.17) is 9.52 Å². The molecule has 0 spiro atoms. The second-order valence-corrected chi connectivity index (χ2v) is 3.26. The van der Waals surface area contributed by atoms with E-state index in [1.54, 1.807) is 6.07 Å². The lowest BCUT2D eigenvalue weighted by molar-refractivity contribution is 0.0663. The van der Waals surface area contributed by atoms with Crippen molar-refractivity contribution in [1.29, 1.82) is 0 Å². The molecule has 2 aromatic heterocycles. The predicted octanol–water partition coefficient (Wildman–Crippen LogP) is 2.10. The molecule has 0 fully saturated rings. The third kappa shape index (κ3) is 1.33. The van der Waals surface area contributed by atoms with Gasteiger partial charge in [-0.1, -0.05) is 6.07 Å². The summed E-state index contributed by atoms with van der Waals surface area (Å²) < 4.78 is 4.75. The van der Waals surface area contributed by atoms with Crippen LogP contribution in [0.5, 0.6) is 0 Å². The maximum absolute atomic E-state index is 10.6. The van der Waals surface area contributed by atoms with Crippen molar-refractivity contribution in [3.05, 3.63) is 29.7 Å². The monoisotopic (exact) mass is 195 g/mol. The molecular formula is C8H5NO3S. The average Bonchev–Trinajstić information content (AvgIpc) is 2.74. The summed E-state index contributed by atoms with van der Waals surface area (Å²) in [7, 11) is 0. The zero-order chi connectivity index (χ0) is 9.26. The van der Waals surface area contributed by atoms with Gasteiger partial charge in [0.15, 0.2) is 6.39 Å². The zero-order valence-electron chi connectivity index (χ0n) is 6.43. The van der Waals surface area contributed by atoms with Crippen molar-refractivity contribution in [3.8, 4) is 10.6 Å². The van der Waals surface area contributed by atoms with E-state index in [0.29, 0.717) is 5.69 Å². The SMILES string of the molecule is O=C(O)c1ocnc1-c1cccs1. The van der Waals surface area contributed by atoms with Crippen molar-refractivity contribution in [1.82, 2.24) is 4.98 Å². The highest BCUT2D eigenvalue weighted by Gasteiger charge is 2.17. The molecular weight excluding hydrogens is 190 g/mol. The van der Waals surface area contributed by atoms with Gasteiger partial charge in [0.05, 0.1) is 4.88 Å². The number of oxazole rings is 1. The first-order valence-electron chi connectivity index (χ1n) is 3.49. The number of aromatic carboxylic acids is 1. The maximum atomic E-state index is 10.6. The molecule has 0 aliphatic carbocycles. The Hall–Kier alpha value is -1.62. The summed E-state index contributed by atoms with van der Waals surface area (Å²) in [6, 6.07) is 3.63. The zero-order valence-corrected chi connectivity index (χ0v) is 7.25. The molecule has 4 nitrogen and oxygen atoms in total. The number of carboxylic acids is 1. The quantitative estimate of drug-likeness (QED) is 0.797. The Morgan fingerprint density at radius 3 is 3.08 bits per heavy atom. The third-order valence-corrected chi connectivity index (χ3v) is 2.39. The summed E-state index contributed by atoms with van der Waals surface area (Å²) in [5, 5.41) is 10.6. The Bertz CT molecular complexity index is 418. The van der Waals surface area contributed by atoms with Gasteiger partial charge in [0.1, 0.15) is 5.69 Å². The van der Waals surface area contributed by atoms with Gasteiger partial charge < -0.3 is 9.52 Å². The maximum Gasteiger partial charge on any atom is 0.374 e. The number of carbonyl (C=O) groups is 1. The van der Waals surface area contributed by atoms with Crippen molar-refractivity contribution in [2.75, 3.05) is 0 Å². The van der Waals surface area contributed by atoms with Crippen LogP contribution in [-0.4, -0.2) is 16.1 Å². The fraction of sp³-hybridized carbons (Fsp3) is 0. The summed E-state index contributed by atoms with van der Waals surface area (Å²) >= 11 is 1.43. The van der Waals surface area contributed by atoms with Crippen LogP contribution >= 0.6 is 11.3 Å². The lowest BCUT2D eigenvalue weighted by atomic mass is 10.3. The average molecular weight is 195 g/mol. The molecule has 2 rings (SSSR count). The molecule has 66 valence electrons. The van der Waals surface area contributed by atoms with Gasteiger partial charge in [-0.25, -0.2) is 9.78 Å².